The van der Waals surface area contributed by atoms with Crippen molar-refractivity contribution >= 4 is 12.3 Å². The van der Waals surface area contributed by atoms with Crippen LogP contribution in [-0.4, -0.2) is 16.4 Å². The van der Waals surface area contributed by atoms with Crippen LogP contribution in [0.4, 0.5) is 6.01 Å². The highest BCUT2D eigenvalue weighted by molar-refractivity contribution is 5.83. The Hall–Kier alpha value is -2.30. The maximum atomic E-state index is 10.7. The molecule has 2 aromatic rings. The summed E-state index contributed by atoms with van der Waals surface area (Å²) >= 11 is 0. The van der Waals surface area contributed by atoms with Gasteiger partial charge in [-0.15, -0.1) is 0 Å². The first-order valence-corrected chi connectivity index (χ1v) is 4.21. The molecule has 1 aromatic carbocycles. The lowest BCUT2D eigenvalue weighted by molar-refractivity contribution is 0.112. The lowest BCUT2D eigenvalue weighted by Crippen LogP contribution is -1.85. The molecule has 1 aromatic heterocycles. The molecule has 3 N–H and O–H groups in total. The molecule has 1 heterocycles. The van der Waals surface area contributed by atoms with Gasteiger partial charge >= 0.3 is 0 Å². The molecule has 2 rings (SSSR count). The summed E-state index contributed by atoms with van der Waals surface area (Å²) in [6, 6.07) is 6.23. The van der Waals surface area contributed by atoms with Crippen LogP contribution >= 0.6 is 0 Å². The minimum absolute atomic E-state index is 0.0737. The van der Waals surface area contributed by atoms with Crippen LogP contribution in [0.1, 0.15) is 10.5 Å². The Morgan fingerprint density at radius 3 is 2.93 bits per heavy atom. The number of aromatic hydroxyl groups is 1. The number of nitrogens with two attached hydrogens (primary N) is 1. The number of hydrogen-bond donors (Lipinski definition) is 2. The van der Waals surface area contributed by atoms with Gasteiger partial charge in [-0.25, -0.2) is 0 Å². The van der Waals surface area contributed by atoms with E-state index in [1.807, 2.05) is 0 Å². The Labute approximate surface area is 85.2 Å². The summed E-state index contributed by atoms with van der Waals surface area (Å²) in [7, 11) is 0. The van der Waals surface area contributed by atoms with Crippen LogP contribution in [0.3, 0.4) is 0 Å². The zero-order valence-electron chi connectivity index (χ0n) is 7.68. The third kappa shape index (κ3) is 1.67. The number of aldehydes is 1. The van der Waals surface area contributed by atoms with E-state index in [1.165, 1.54) is 12.1 Å². The Bertz CT molecular complexity index is 505. The molecular formula is C10H8N2O3. The average Bonchev–Trinajstić information content (AvgIpc) is 2.59. The first-order valence-electron chi connectivity index (χ1n) is 4.21. The summed E-state index contributed by atoms with van der Waals surface area (Å²) in [4.78, 5) is 14.4. The number of anilines is 1. The fraction of sp³-hybridized carbons (Fsp3) is 0. The number of oxazole rings is 1. The largest absolute Gasteiger partial charge is 0.508 e. The molecule has 0 aliphatic heterocycles. The van der Waals surface area contributed by atoms with E-state index in [1.54, 1.807) is 12.1 Å². The van der Waals surface area contributed by atoms with Crippen LogP contribution in [0.15, 0.2) is 28.7 Å². The van der Waals surface area contributed by atoms with Crippen molar-refractivity contribution in [3.05, 3.63) is 30.0 Å². The highest BCUT2D eigenvalue weighted by atomic mass is 16.4. The third-order valence-electron chi connectivity index (χ3n) is 1.89. The van der Waals surface area contributed by atoms with Gasteiger partial charge in [-0.2, -0.15) is 4.98 Å². The molecule has 0 fully saturated rings. The standard InChI is InChI=1S/C10H8N2O3/c11-10-12-8(5-13)9(15-10)6-2-1-3-7(14)4-6/h1-5,14H,(H2,11,12). The fourth-order valence-electron chi connectivity index (χ4n) is 1.28. The van der Waals surface area contributed by atoms with Crippen LogP contribution in [0.5, 0.6) is 5.75 Å². The first-order chi connectivity index (χ1) is 7.20. The van der Waals surface area contributed by atoms with Crippen molar-refractivity contribution in [3.8, 4) is 17.1 Å². The molecule has 0 aliphatic carbocycles. The fourth-order valence-corrected chi connectivity index (χ4v) is 1.28. The third-order valence-corrected chi connectivity index (χ3v) is 1.89. The molecule has 0 spiro atoms. The van der Waals surface area contributed by atoms with E-state index >= 15 is 0 Å². The van der Waals surface area contributed by atoms with E-state index in [0.717, 1.165) is 0 Å². The molecule has 0 amide bonds. The number of phenols is 1. The average molecular weight is 204 g/mol. The Morgan fingerprint density at radius 2 is 2.27 bits per heavy atom. The van der Waals surface area contributed by atoms with E-state index < -0.39 is 0 Å². The molecule has 0 saturated heterocycles. The molecule has 0 radical (unpaired) electrons. The van der Waals surface area contributed by atoms with Crippen molar-refractivity contribution in [1.82, 2.24) is 4.98 Å². The van der Waals surface area contributed by atoms with Crippen LogP contribution in [0, 0.1) is 0 Å². The Balaban J connectivity index is 2.57. The van der Waals surface area contributed by atoms with Crippen LogP contribution < -0.4 is 5.73 Å². The van der Waals surface area contributed by atoms with Gasteiger partial charge in [0.1, 0.15) is 5.75 Å². The van der Waals surface area contributed by atoms with E-state index in [2.05, 4.69) is 4.98 Å². The maximum absolute atomic E-state index is 10.7. The molecule has 76 valence electrons. The maximum Gasteiger partial charge on any atom is 0.293 e. The zero-order valence-corrected chi connectivity index (χ0v) is 7.68. The van der Waals surface area contributed by atoms with Crippen molar-refractivity contribution in [2.45, 2.75) is 0 Å². The second-order valence-electron chi connectivity index (χ2n) is 2.93. The topological polar surface area (TPSA) is 89.3 Å². The van der Waals surface area contributed by atoms with E-state index in [9.17, 15) is 9.90 Å². The number of nitrogen functional groups attached to an aromatic ring is 1. The molecule has 5 heteroatoms. The number of hydrogen-bond acceptors (Lipinski definition) is 5. The molecule has 0 aliphatic rings. The molecule has 0 saturated carbocycles. The highest BCUT2D eigenvalue weighted by Gasteiger charge is 2.12. The summed E-state index contributed by atoms with van der Waals surface area (Å²) in [6.45, 7) is 0. The molecule has 0 atom stereocenters. The van der Waals surface area contributed by atoms with Gasteiger partial charge < -0.3 is 15.3 Å². The van der Waals surface area contributed by atoms with Gasteiger partial charge in [-0.3, -0.25) is 4.79 Å². The molecule has 15 heavy (non-hydrogen) atoms. The predicted octanol–water partition coefficient (Wildman–Crippen LogP) is 1.44. The minimum Gasteiger partial charge on any atom is -0.508 e. The summed E-state index contributed by atoms with van der Waals surface area (Å²) in [5.41, 5.74) is 6.01. The normalized spacial score (nSPS) is 10.1. The van der Waals surface area contributed by atoms with Gasteiger partial charge in [-0.1, -0.05) is 12.1 Å². The predicted molar refractivity (Wildman–Crippen MR) is 53.4 cm³/mol. The van der Waals surface area contributed by atoms with Crippen molar-refractivity contribution in [1.29, 1.82) is 0 Å². The lowest BCUT2D eigenvalue weighted by atomic mass is 10.1. The molecule has 5 nitrogen and oxygen atoms in total. The summed E-state index contributed by atoms with van der Waals surface area (Å²) in [5, 5.41) is 9.26. The van der Waals surface area contributed by atoms with Gasteiger partial charge in [0.15, 0.2) is 17.7 Å². The van der Waals surface area contributed by atoms with Crippen molar-refractivity contribution < 1.29 is 14.3 Å². The number of carbonyl (C=O) groups is 1. The van der Waals surface area contributed by atoms with Crippen molar-refractivity contribution in [2.24, 2.45) is 0 Å². The second kappa shape index (κ2) is 3.45. The number of phenolic OH excluding ortho intramolecular Hbond substituents is 1. The number of benzene rings is 1. The highest BCUT2D eigenvalue weighted by Crippen LogP contribution is 2.27. The first kappa shape index (κ1) is 9.26. The number of carbonyl (C=O) groups excluding carboxylic acids is 1. The number of nitrogens with zero attached hydrogens (tertiary/aromatic N) is 1. The summed E-state index contributed by atoms with van der Waals surface area (Å²) in [6.07, 6.45) is 0.555. The molecular weight excluding hydrogens is 196 g/mol. The zero-order chi connectivity index (χ0) is 10.8. The van der Waals surface area contributed by atoms with Gasteiger partial charge in [0.2, 0.25) is 0 Å². The quantitative estimate of drug-likeness (QED) is 0.722. The molecule has 0 unspecified atom stereocenters. The van der Waals surface area contributed by atoms with Crippen molar-refractivity contribution in [2.75, 3.05) is 5.73 Å². The Kier molecular flexibility index (Phi) is 2.13. The number of rotatable bonds is 2. The summed E-state index contributed by atoms with van der Waals surface area (Å²) in [5.74, 6) is 0.345. The van der Waals surface area contributed by atoms with Gasteiger partial charge in [0.25, 0.3) is 6.01 Å². The number of aromatic nitrogens is 1. The SMILES string of the molecule is Nc1nc(C=O)c(-c2cccc(O)c2)o1. The van der Waals surface area contributed by atoms with Crippen LogP contribution in [-0.2, 0) is 0 Å². The monoisotopic (exact) mass is 204 g/mol. The van der Waals surface area contributed by atoms with Gasteiger partial charge in [-0.05, 0) is 12.1 Å². The van der Waals surface area contributed by atoms with Gasteiger partial charge in [0.05, 0.1) is 0 Å². The smallest absolute Gasteiger partial charge is 0.293 e. The van der Waals surface area contributed by atoms with Crippen molar-refractivity contribution in [3.63, 3.8) is 0 Å². The second-order valence-corrected chi connectivity index (χ2v) is 2.93. The van der Waals surface area contributed by atoms with Crippen LogP contribution in [0.25, 0.3) is 11.3 Å². The Morgan fingerprint density at radius 1 is 1.47 bits per heavy atom. The van der Waals surface area contributed by atoms with E-state index in [-0.39, 0.29) is 23.2 Å². The molecule has 0 bridgehead atoms. The van der Waals surface area contributed by atoms with E-state index in [0.29, 0.717) is 11.8 Å². The summed E-state index contributed by atoms with van der Waals surface area (Å²) < 4.78 is 5.07. The lowest BCUT2D eigenvalue weighted by Gasteiger charge is -1.97. The van der Waals surface area contributed by atoms with Crippen LogP contribution in [0.2, 0.25) is 0 Å². The van der Waals surface area contributed by atoms with E-state index in [4.69, 9.17) is 10.2 Å². The van der Waals surface area contributed by atoms with Gasteiger partial charge in [0, 0.05) is 5.56 Å². The minimum atomic E-state index is -0.0737.